The molecule has 6 N–H and O–H groups in total. The van der Waals surface area contributed by atoms with E-state index in [0.717, 1.165) is 28.1 Å². The molecule has 8 heteroatoms. The van der Waals surface area contributed by atoms with E-state index in [1.807, 2.05) is 45.2 Å². The van der Waals surface area contributed by atoms with Gasteiger partial charge in [0.1, 0.15) is 11.7 Å². The van der Waals surface area contributed by atoms with E-state index in [4.69, 9.17) is 21.7 Å². The lowest BCUT2D eigenvalue weighted by molar-refractivity contribution is -0.0561. The van der Waals surface area contributed by atoms with E-state index in [1.165, 1.54) is 6.21 Å². The monoisotopic (exact) mass is 395 g/mol. The van der Waals surface area contributed by atoms with Crippen LogP contribution in [-0.4, -0.2) is 37.5 Å². The second kappa shape index (κ2) is 9.70. The number of nitrogens with two attached hydrogens (primary N) is 2. The fourth-order valence-electron chi connectivity index (χ4n) is 2.80. The largest absolute Gasteiger partial charge is 0.402 e. The average Bonchev–Trinajstić information content (AvgIpc) is 2.68. The number of rotatable bonds is 7. The Hall–Kier alpha value is -3.39. The molecular formula is C21H29N7O. The number of allylic oxidation sites excluding steroid dienone is 7. The summed E-state index contributed by atoms with van der Waals surface area (Å²) in [5, 5.41) is 12.4. The highest BCUT2D eigenvalue weighted by Gasteiger charge is 2.23. The molecule has 2 aliphatic rings. The minimum atomic E-state index is 0.190. The van der Waals surface area contributed by atoms with Crippen molar-refractivity contribution < 1.29 is 4.84 Å². The Balaban J connectivity index is 2.40. The Labute approximate surface area is 171 Å². The predicted molar refractivity (Wildman–Crippen MR) is 119 cm³/mol. The van der Waals surface area contributed by atoms with Crippen molar-refractivity contribution in [3.8, 4) is 0 Å². The lowest BCUT2D eigenvalue weighted by Gasteiger charge is -2.30. The van der Waals surface area contributed by atoms with Gasteiger partial charge in [0, 0.05) is 42.5 Å². The van der Waals surface area contributed by atoms with Gasteiger partial charge in [-0.1, -0.05) is 13.8 Å². The number of hydrogen-bond acceptors (Lipinski definition) is 7. The first kappa shape index (κ1) is 21.9. The number of aliphatic imine (C=N–C) groups is 2. The number of hydrogen-bond donors (Lipinski definition) is 4. The normalized spacial score (nSPS) is 18.5. The van der Waals surface area contributed by atoms with Crippen LogP contribution < -0.4 is 16.8 Å². The zero-order valence-electron chi connectivity index (χ0n) is 17.5. The third-order valence-corrected chi connectivity index (χ3v) is 4.32. The summed E-state index contributed by atoms with van der Waals surface area (Å²) < 4.78 is 0. The molecule has 2 heterocycles. The molecule has 2 aliphatic heterocycles. The molecule has 154 valence electrons. The molecule has 0 fully saturated rings. The van der Waals surface area contributed by atoms with Crippen LogP contribution in [0.25, 0.3) is 0 Å². The van der Waals surface area contributed by atoms with Crippen molar-refractivity contribution in [3.63, 3.8) is 0 Å². The van der Waals surface area contributed by atoms with Gasteiger partial charge in [-0.25, -0.2) is 10.1 Å². The van der Waals surface area contributed by atoms with Crippen LogP contribution in [0.3, 0.4) is 0 Å². The van der Waals surface area contributed by atoms with Gasteiger partial charge in [-0.2, -0.15) is 0 Å². The van der Waals surface area contributed by atoms with Crippen molar-refractivity contribution in [3.05, 3.63) is 70.1 Å². The summed E-state index contributed by atoms with van der Waals surface area (Å²) in [6, 6.07) is 0. The van der Waals surface area contributed by atoms with Gasteiger partial charge in [0.25, 0.3) is 0 Å². The SMILES string of the molecule is CN=CC(C1=CN(OC)C2=CC=C(N=C(N)C=C(C=N)C(C)C)NC2=C1)=C(C)N. The summed E-state index contributed by atoms with van der Waals surface area (Å²) in [5.74, 6) is 1.09. The van der Waals surface area contributed by atoms with Crippen LogP contribution in [0, 0.1) is 11.3 Å². The molecule has 0 spiro atoms. The van der Waals surface area contributed by atoms with Crippen LogP contribution in [0.15, 0.2) is 80.1 Å². The van der Waals surface area contributed by atoms with Crippen molar-refractivity contribution in [1.29, 1.82) is 5.41 Å². The van der Waals surface area contributed by atoms with Crippen molar-refractivity contribution >= 4 is 18.3 Å². The summed E-state index contributed by atoms with van der Waals surface area (Å²) in [4.78, 5) is 14.0. The molecule has 0 aromatic rings. The van der Waals surface area contributed by atoms with Gasteiger partial charge >= 0.3 is 0 Å². The molecule has 0 aliphatic carbocycles. The van der Waals surface area contributed by atoms with Crippen LogP contribution >= 0.6 is 0 Å². The van der Waals surface area contributed by atoms with Crippen molar-refractivity contribution in [2.24, 2.45) is 27.4 Å². The van der Waals surface area contributed by atoms with Crippen molar-refractivity contribution in [1.82, 2.24) is 10.4 Å². The Morgan fingerprint density at radius 1 is 1.31 bits per heavy atom. The van der Waals surface area contributed by atoms with E-state index in [0.29, 0.717) is 17.4 Å². The number of nitrogens with zero attached hydrogens (tertiary/aromatic N) is 3. The number of fused-ring (bicyclic) bond motifs is 1. The zero-order valence-corrected chi connectivity index (χ0v) is 17.5. The molecule has 0 atom stereocenters. The third-order valence-electron chi connectivity index (χ3n) is 4.32. The highest BCUT2D eigenvalue weighted by Crippen LogP contribution is 2.29. The smallest absolute Gasteiger partial charge is 0.132 e. The van der Waals surface area contributed by atoms with Crippen LogP contribution in [0.5, 0.6) is 0 Å². The summed E-state index contributed by atoms with van der Waals surface area (Å²) in [6.07, 6.45) is 12.2. The average molecular weight is 396 g/mol. The van der Waals surface area contributed by atoms with E-state index in [9.17, 15) is 0 Å². The fraction of sp³-hybridized carbons (Fsp3) is 0.286. The highest BCUT2D eigenvalue weighted by atomic mass is 16.7. The Morgan fingerprint density at radius 2 is 2.03 bits per heavy atom. The highest BCUT2D eigenvalue weighted by molar-refractivity contribution is 5.97. The number of dihydropyridines is 1. The lowest BCUT2D eigenvalue weighted by atomic mass is 10.0. The predicted octanol–water partition coefficient (Wildman–Crippen LogP) is 2.48. The van der Waals surface area contributed by atoms with Gasteiger partial charge in [-0.15, -0.1) is 0 Å². The number of nitrogens with one attached hydrogen (secondary N) is 2. The maximum atomic E-state index is 7.50. The van der Waals surface area contributed by atoms with Gasteiger partial charge in [0.05, 0.1) is 18.5 Å². The molecule has 0 radical (unpaired) electrons. The van der Waals surface area contributed by atoms with E-state index in [2.05, 4.69) is 15.3 Å². The molecule has 0 saturated heterocycles. The molecule has 0 aromatic carbocycles. The van der Waals surface area contributed by atoms with Gasteiger partial charge in [-0.3, -0.25) is 9.83 Å². The molecule has 8 nitrogen and oxygen atoms in total. The van der Waals surface area contributed by atoms with Crippen LogP contribution in [-0.2, 0) is 4.84 Å². The Morgan fingerprint density at radius 3 is 2.59 bits per heavy atom. The molecule has 0 bridgehead atoms. The van der Waals surface area contributed by atoms with Gasteiger partial charge in [0.2, 0.25) is 0 Å². The van der Waals surface area contributed by atoms with Gasteiger partial charge < -0.3 is 22.2 Å². The van der Waals surface area contributed by atoms with E-state index >= 15 is 0 Å². The molecule has 0 aromatic heterocycles. The van der Waals surface area contributed by atoms with Crippen LogP contribution in [0.4, 0.5) is 0 Å². The van der Waals surface area contributed by atoms with Crippen LogP contribution in [0.1, 0.15) is 20.8 Å². The maximum Gasteiger partial charge on any atom is 0.132 e. The first-order chi connectivity index (χ1) is 13.8. The molecule has 29 heavy (non-hydrogen) atoms. The fourth-order valence-corrected chi connectivity index (χ4v) is 2.80. The standard InChI is InChI=1S/C21H29N7O/c1-13(2)15(10-22)9-20(24)27-21-7-6-19-18(26-21)8-16(12-28(19)29-5)17(11-25-4)14(3)23/h6-13,22,26H,23H2,1-5H3,(H2,24,27). The zero-order chi connectivity index (χ0) is 21.6. The first-order valence-corrected chi connectivity index (χ1v) is 9.22. The van der Waals surface area contributed by atoms with Crippen LogP contribution in [0.2, 0.25) is 0 Å². The number of hydroxylamine groups is 2. The topological polar surface area (TPSA) is 125 Å². The minimum Gasteiger partial charge on any atom is -0.402 e. The second-order valence-corrected chi connectivity index (χ2v) is 6.84. The summed E-state index contributed by atoms with van der Waals surface area (Å²) in [5.41, 5.74) is 16.8. The Kier molecular flexibility index (Phi) is 7.33. The van der Waals surface area contributed by atoms with Crippen molar-refractivity contribution in [2.45, 2.75) is 20.8 Å². The second-order valence-electron chi connectivity index (χ2n) is 6.84. The molecule has 0 saturated carbocycles. The first-order valence-electron chi connectivity index (χ1n) is 9.22. The molecular weight excluding hydrogens is 366 g/mol. The maximum absolute atomic E-state index is 7.50. The van der Waals surface area contributed by atoms with E-state index in [1.54, 1.807) is 31.5 Å². The van der Waals surface area contributed by atoms with Gasteiger partial charge in [0.15, 0.2) is 0 Å². The third kappa shape index (κ3) is 5.32. The van der Waals surface area contributed by atoms with Gasteiger partial charge in [-0.05, 0) is 42.7 Å². The summed E-state index contributed by atoms with van der Waals surface area (Å²) in [7, 11) is 3.29. The Bertz CT molecular complexity index is 907. The molecule has 0 unspecified atom stereocenters. The molecule has 2 rings (SSSR count). The van der Waals surface area contributed by atoms with E-state index in [-0.39, 0.29) is 5.92 Å². The quantitative estimate of drug-likeness (QED) is 0.389. The summed E-state index contributed by atoms with van der Waals surface area (Å²) >= 11 is 0. The molecule has 0 amide bonds. The summed E-state index contributed by atoms with van der Waals surface area (Å²) in [6.45, 7) is 5.83. The lowest BCUT2D eigenvalue weighted by Crippen LogP contribution is -2.30. The van der Waals surface area contributed by atoms with E-state index < -0.39 is 0 Å². The number of amidine groups is 1. The van der Waals surface area contributed by atoms with Crippen molar-refractivity contribution in [2.75, 3.05) is 14.2 Å². The minimum absolute atomic E-state index is 0.190.